The third-order valence-electron chi connectivity index (χ3n) is 3.01. The summed E-state index contributed by atoms with van der Waals surface area (Å²) in [5, 5.41) is 5.89. The second kappa shape index (κ2) is 7.56. The molecule has 9 heteroatoms. The van der Waals surface area contributed by atoms with Gasteiger partial charge in [-0.3, -0.25) is 4.79 Å². The maximum Gasteiger partial charge on any atom is 0.339 e. The summed E-state index contributed by atoms with van der Waals surface area (Å²) in [6, 6.07) is 7.32. The van der Waals surface area contributed by atoms with Crippen LogP contribution in [0, 0.1) is 0 Å². The smallest absolute Gasteiger partial charge is 0.339 e. The van der Waals surface area contributed by atoms with Gasteiger partial charge in [0.15, 0.2) is 6.61 Å². The summed E-state index contributed by atoms with van der Waals surface area (Å²) >= 11 is 1.36. The summed E-state index contributed by atoms with van der Waals surface area (Å²) in [7, 11) is -0.642. The number of anilines is 1. The summed E-state index contributed by atoms with van der Waals surface area (Å²) in [4.78, 5) is 23.5. The molecule has 0 fully saturated rings. The first-order valence-electron chi connectivity index (χ1n) is 6.82. The van der Waals surface area contributed by atoms with Crippen LogP contribution in [-0.2, 0) is 19.6 Å². The van der Waals surface area contributed by atoms with Crippen molar-refractivity contribution in [1.82, 2.24) is 4.31 Å². The number of carbonyl (C=O) groups is 2. The Labute approximate surface area is 143 Å². The van der Waals surface area contributed by atoms with Crippen molar-refractivity contribution in [1.29, 1.82) is 0 Å². The van der Waals surface area contributed by atoms with Crippen LogP contribution in [-0.4, -0.2) is 45.3 Å². The first kappa shape index (κ1) is 18.1. The van der Waals surface area contributed by atoms with Crippen LogP contribution in [0.5, 0.6) is 0 Å². The molecule has 0 unspecified atom stereocenters. The van der Waals surface area contributed by atoms with Gasteiger partial charge in [0.2, 0.25) is 10.0 Å². The highest BCUT2D eigenvalue weighted by atomic mass is 32.2. The molecule has 2 aromatic rings. The minimum absolute atomic E-state index is 0.120. The number of hydrogen-bond acceptors (Lipinski definition) is 6. The van der Waals surface area contributed by atoms with Crippen molar-refractivity contribution in [2.45, 2.75) is 4.90 Å². The van der Waals surface area contributed by atoms with Crippen molar-refractivity contribution in [3.05, 3.63) is 46.7 Å². The molecule has 0 bridgehead atoms. The number of esters is 1. The SMILES string of the molecule is CN(C)S(=O)(=O)c1ccc(NC(=O)COC(=O)c2ccsc2)cc1. The predicted molar refractivity (Wildman–Crippen MR) is 90.5 cm³/mol. The summed E-state index contributed by atoms with van der Waals surface area (Å²) in [6.45, 7) is -0.424. The van der Waals surface area contributed by atoms with Crippen LogP contribution >= 0.6 is 11.3 Å². The zero-order chi connectivity index (χ0) is 17.7. The molecule has 1 aromatic carbocycles. The Morgan fingerprint density at radius 1 is 1.17 bits per heavy atom. The van der Waals surface area contributed by atoms with Crippen LogP contribution in [0.4, 0.5) is 5.69 Å². The highest BCUT2D eigenvalue weighted by Gasteiger charge is 2.17. The average Bonchev–Trinajstić information content (AvgIpc) is 3.07. The first-order valence-corrected chi connectivity index (χ1v) is 9.21. The summed E-state index contributed by atoms with van der Waals surface area (Å²) in [5.41, 5.74) is 0.801. The molecule has 2 rings (SSSR count). The molecule has 0 aliphatic rings. The van der Waals surface area contributed by atoms with E-state index < -0.39 is 28.5 Å². The molecule has 1 heterocycles. The van der Waals surface area contributed by atoms with Gasteiger partial charge in [0.05, 0.1) is 10.5 Å². The number of nitrogens with zero attached hydrogens (tertiary/aromatic N) is 1. The van der Waals surface area contributed by atoms with Crippen LogP contribution in [0.1, 0.15) is 10.4 Å². The van der Waals surface area contributed by atoms with E-state index in [0.717, 1.165) is 4.31 Å². The van der Waals surface area contributed by atoms with E-state index >= 15 is 0 Å². The Kier molecular flexibility index (Phi) is 5.71. The fourth-order valence-corrected chi connectivity index (χ4v) is 3.24. The second-order valence-corrected chi connectivity index (χ2v) is 7.88. The van der Waals surface area contributed by atoms with Gasteiger partial charge in [0.1, 0.15) is 0 Å². The number of hydrogen-bond donors (Lipinski definition) is 1. The molecule has 0 aliphatic carbocycles. The lowest BCUT2D eigenvalue weighted by atomic mass is 10.3. The highest BCUT2D eigenvalue weighted by molar-refractivity contribution is 7.89. The highest BCUT2D eigenvalue weighted by Crippen LogP contribution is 2.16. The Morgan fingerprint density at radius 2 is 1.83 bits per heavy atom. The van der Waals surface area contributed by atoms with Gasteiger partial charge in [-0.15, -0.1) is 0 Å². The van der Waals surface area contributed by atoms with Crippen LogP contribution < -0.4 is 5.32 Å². The summed E-state index contributed by atoms with van der Waals surface area (Å²) in [6.07, 6.45) is 0. The van der Waals surface area contributed by atoms with Gasteiger partial charge in [0, 0.05) is 25.2 Å². The van der Waals surface area contributed by atoms with Gasteiger partial charge >= 0.3 is 5.97 Å². The number of benzene rings is 1. The first-order chi connectivity index (χ1) is 11.3. The largest absolute Gasteiger partial charge is 0.452 e. The Morgan fingerprint density at radius 3 is 2.38 bits per heavy atom. The number of sulfonamides is 1. The van der Waals surface area contributed by atoms with Crippen molar-refractivity contribution in [3.63, 3.8) is 0 Å². The molecule has 0 saturated carbocycles. The molecule has 1 amide bonds. The van der Waals surface area contributed by atoms with E-state index in [0.29, 0.717) is 11.3 Å². The van der Waals surface area contributed by atoms with Crippen LogP contribution in [0.2, 0.25) is 0 Å². The summed E-state index contributed by atoms with van der Waals surface area (Å²) < 4.78 is 29.9. The van der Waals surface area contributed by atoms with Crippen molar-refractivity contribution in [2.75, 3.05) is 26.0 Å². The normalized spacial score (nSPS) is 11.3. The lowest BCUT2D eigenvalue weighted by Crippen LogP contribution is -2.22. The maximum absolute atomic E-state index is 11.9. The van der Waals surface area contributed by atoms with Gasteiger partial charge in [-0.1, -0.05) is 0 Å². The maximum atomic E-state index is 11.9. The van der Waals surface area contributed by atoms with Crippen molar-refractivity contribution in [3.8, 4) is 0 Å². The topological polar surface area (TPSA) is 92.8 Å². The zero-order valence-electron chi connectivity index (χ0n) is 13.1. The van der Waals surface area contributed by atoms with Crippen LogP contribution in [0.25, 0.3) is 0 Å². The molecular formula is C15H16N2O5S2. The predicted octanol–water partition coefficient (Wildman–Crippen LogP) is 1.79. The van der Waals surface area contributed by atoms with Crippen molar-refractivity contribution in [2.24, 2.45) is 0 Å². The van der Waals surface area contributed by atoms with E-state index in [1.54, 1.807) is 16.8 Å². The van der Waals surface area contributed by atoms with Gasteiger partial charge in [-0.25, -0.2) is 17.5 Å². The van der Waals surface area contributed by atoms with E-state index in [9.17, 15) is 18.0 Å². The van der Waals surface area contributed by atoms with Crippen LogP contribution in [0.3, 0.4) is 0 Å². The molecule has 0 saturated heterocycles. The zero-order valence-corrected chi connectivity index (χ0v) is 14.7. The lowest BCUT2D eigenvalue weighted by Gasteiger charge is -2.12. The number of thiophene rings is 1. The number of rotatable bonds is 6. The van der Waals surface area contributed by atoms with Crippen molar-refractivity contribution < 1.29 is 22.7 Å². The quantitative estimate of drug-likeness (QED) is 0.785. The van der Waals surface area contributed by atoms with E-state index in [1.165, 1.54) is 49.7 Å². The molecular weight excluding hydrogens is 352 g/mol. The minimum atomic E-state index is -3.52. The Hall–Kier alpha value is -2.23. The fourth-order valence-electron chi connectivity index (χ4n) is 1.71. The molecule has 1 aromatic heterocycles. The van der Waals surface area contributed by atoms with E-state index in [4.69, 9.17) is 4.74 Å². The Balaban J connectivity index is 1.92. The van der Waals surface area contributed by atoms with E-state index in [1.807, 2.05) is 0 Å². The second-order valence-electron chi connectivity index (χ2n) is 4.95. The van der Waals surface area contributed by atoms with E-state index in [2.05, 4.69) is 5.32 Å². The number of ether oxygens (including phenoxy) is 1. The standard InChI is InChI=1S/C15H16N2O5S2/c1-17(2)24(20,21)13-5-3-12(4-6-13)16-14(18)9-22-15(19)11-7-8-23-10-11/h3-8,10H,9H2,1-2H3,(H,16,18). The lowest BCUT2D eigenvalue weighted by molar-refractivity contribution is -0.119. The Bertz CT molecular complexity index is 812. The van der Waals surface area contributed by atoms with Gasteiger partial charge in [-0.2, -0.15) is 11.3 Å². The molecule has 7 nitrogen and oxygen atoms in total. The number of amides is 1. The van der Waals surface area contributed by atoms with Gasteiger partial charge in [-0.05, 0) is 35.7 Å². The van der Waals surface area contributed by atoms with Crippen molar-refractivity contribution >= 4 is 38.9 Å². The molecule has 24 heavy (non-hydrogen) atoms. The molecule has 1 N–H and O–H groups in total. The van der Waals surface area contributed by atoms with Gasteiger partial charge < -0.3 is 10.1 Å². The molecule has 128 valence electrons. The fraction of sp³-hybridized carbons (Fsp3) is 0.200. The number of nitrogens with one attached hydrogen (secondary N) is 1. The average molecular weight is 368 g/mol. The van der Waals surface area contributed by atoms with Gasteiger partial charge in [0.25, 0.3) is 5.91 Å². The third kappa shape index (κ3) is 4.40. The van der Waals surface area contributed by atoms with Crippen LogP contribution in [0.15, 0.2) is 46.0 Å². The minimum Gasteiger partial charge on any atom is -0.452 e. The summed E-state index contributed by atoms with van der Waals surface area (Å²) in [5.74, 6) is -1.08. The molecule has 0 atom stereocenters. The molecule has 0 spiro atoms. The molecule has 0 aliphatic heterocycles. The number of carbonyl (C=O) groups excluding carboxylic acids is 2. The third-order valence-corrected chi connectivity index (χ3v) is 5.52. The monoisotopic (exact) mass is 368 g/mol. The van der Waals surface area contributed by atoms with E-state index in [-0.39, 0.29) is 4.90 Å². The molecule has 0 radical (unpaired) electrons.